The van der Waals surface area contributed by atoms with Crippen molar-refractivity contribution in [1.29, 1.82) is 0 Å². The van der Waals surface area contributed by atoms with E-state index >= 15 is 0 Å². The van der Waals surface area contributed by atoms with Crippen molar-refractivity contribution in [3.05, 3.63) is 17.7 Å². The first-order valence-corrected chi connectivity index (χ1v) is 5.75. The minimum absolute atomic E-state index is 0.177. The Morgan fingerprint density at radius 1 is 1.44 bits per heavy atom. The van der Waals surface area contributed by atoms with Crippen LogP contribution >= 0.6 is 11.6 Å². The maximum atomic E-state index is 5.93. The molecule has 0 aromatic heterocycles. The lowest BCUT2D eigenvalue weighted by Gasteiger charge is -2.08. The topological polar surface area (TPSA) is 27.7 Å². The number of benzene rings is 1. The van der Waals surface area contributed by atoms with E-state index in [0.717, 1.165) is 29.9 Å². The molecule has 1 heterocycles. The zero-order valence-corrected chi connectivity index (χ0v) is 10.2. The van der Waals surface area contributed by atoms with E-state index in [1.54, 1.807) is 7.11 Å². The van der Waals surface area contributed by atoms with Gasteiger partial charge in [-0.05, 0) is 37.5 Å². The lowest BCUT2D eigenvalue weighted by atomic mass is 10.1. The predicted octanol–water partition coefficient (Wildman–Crippen LogP) is 2.98. The standard InChI is InChI=1S/C12H15ClO3/c1-8(13)3-4-9-5-10(14-2)12-11(6-9)15-7-16-12/h5-6,8H,3-4,7H2,1-2H3. The van der Waals surface area contributed by atoms with Crippen LogP contribution in [0.2, 0.25) is 0 Å². The molecule has 2 rings (SSSR count). The van der Waals surface area contributed by atoms with Gasteiger partial charge in [0.25, 0.3) is 0 Å². The molecular formula is C12H15ClO3. The van der Waals surface area contributed by atoms with E-state index in [4.69, 9.17) is 25.8 Å². The second-order valence-electron chi connectivity index (χ2n) is 3.85. The fraction of sp³-hybridized carbons (Fsp3) is 0.500. The first-order valence-electron chi connectivity index (χ1n) is 5.31. The Morgan fingerprint density at radius 3 is 2.94 bits per heavy atom. The number of ether oxygens (including phenoxy) is 3. The highest BCUT2D eigenvalue weighted by Gasteiger charge is 2.19. The lowest BCUT2D eigenvalue weighted by Crippen LogP contribution is -1.95. The molecule has 0 aliphatic carbocycles. The van der Waals surface area contributed by atoms with Crippen molar-refractivity contribution in [3.8, 4) is 17.2 Å². The molecule has 1 unspecified atom stereocenters. The normalized spacial score (nSPS) is 14.9. The number of alkyl halides is 1. The van der Waals surface area contributed by atoms with Crippen LogP contribution in [-0.2, 0) is 6.42 Å². The van der Waals surface area contributed by atoms with Gasteiger partial charge in [0.2, 0.25) is 12.5 Å². The summed E-state index contributed by atoms with van der Waals surface area (Å²) in [6.07, 6.45) is 1.85. The molecule has 1 aliphatic rings. The van der Waals surface area contributed by atoms with Crippen molar-refractivity contribution in [2.24, 2.45) is 0 Å². The van der Waals surface area contributed by atoms with Crippen LogP contribution in [0.4, 0.5) is 0 Å². The van der Waals surface area contributed by atoms with Crippen LogP contribution in [-0.4, -0.2) is 19.3 Å². The van der Waals surface area contributed by atoms with E-state index in [9.17, 15) is 0 Å². The molecule has 1 aliphatic heterocycles. The summed E-state index contributed by atoms with van der Waals surface area (Å²) < 4.78 is 15.9. The summed E-state index contributed by atoms with van der Waals surface area (Å²) in [7, 11) is 1.63. The summed E-state index contributed by atoms with van der Waals surface area (Å²) in [4.78, 5) is 0. The van der Waals surface area contributed by atoms with Crippen molar-refractivity contribution in [3.63, 3.8) is 0 Å². The zero-order chi connectivity index (χ0) is 11.5. The van der Waals surface area contributed by atoms with Gasteiger partial charge in [-0.25, -0.2) is 0 Å². The molecule has 0 N–H and O–H groups in total. The van der Waals surface area contributed by atoms with E-state index in [2.05, 4.69) is 0 Å². The van der Waals surface area contributed by atoms with Gasteiger partial charge in [0.15, 0.2) is 11.5 Å². The third-order valence-corrected chi connectivity index (χ3v) is 2.77. The highest BCUT2D eigenvalue weighted by Crippen LogP contribution is 2.42. The van der Waals surface area contributed by atoms with Gasteiger partial charge in [-0.3, -0.25) is 0 Å². The molecule has 88 valence electrons. The molecular weight excluding hydrogens is 228 g/mol. The second-order valence-corrected chi connectivity index (χ2v) is 4.60. The van der Waals surface area contributed by atoms with Crippen LogP contribution in [0.1, 0.15) is 18.9 Å². The molecule has 0 spiro atoms. The summed E-state index contributed by atoms with van der Waals surface area (Å²) in [5, 5.41) is 0.177. The van der Waals surface area contributed by atoms with Crippen molar-refractivity contribution < 1.29 is 14.2 Å². The Bertz CT molecular complexity index is 377. The molecule has 4 heteroatoms. The molecule has 0 radical (unpaired) electrons. The summed E-state index contributed by atoms with van der Waals surface area (Å²) in [5.41, 5.74) is 1.16. The fourth-order valence-electron chi connectivity index (χ4n) is 1.69. The molecule has 0 saturated carbocycles. The first kappa shape index (κ1) is 11.4. The minimum atomic E-state index is 0.177. The van der Waals surface area contributed by atoms with E-state index < -0.39 is 0 Å². The van der Waals surface area contributed by atoms with Crippen LogP contribution in [0.5, 0.6) is 17.2 Å². The van der Waals surface area contributed by atoms with Gasteiger partial charge in [0.1, 0.15) is 0 Å². The Balaban J connectivity index is 2.20. The van der Waals surface area contributed by atoms with Gasteiger partial charge in [0, 0.05) is 5.38 Å². The highest BCUT2D eigenvalue weighted by atomic mass is 35.5. The maximum Gasteiger partial charge on any atom is 0.231 e. The molecule has 0 bridgehead atoms. The van der Waals surface area contributed by atoms with Crippen LogP contribution in [0.15, 0.2) is 12.1 Å². The molecule has 0 saturated heterocycles. The molecule has 3 nitrogen and oxygen atoms in total. The third-order valence-electron chi connectivity index (χ3n) is 2.55. The zero-order valence-electron chi connectivity index (χ0n) is 9.46. The Morgan fingerprint density at radius 2 is 2.25 bits per heavy atom. The Kier molecular flexibility index (Phi) is 3.44. The number of rotatable bonds is 4. The number of aryl methyl sites for hydroxylation is 1. The van der Waals surface area contributed by atoms with Gasteiger partial charge in [-0.1, -0.05) is 0 Å². The quantitative estimate of drug-likeness (QED) is 0.760. The summed E-state index contributed by atoms with van der Waals surface area (Å²) in [6.45, 7) is 2.26. The smallest absolute Gasteiger partial charge is 0.231 e. The molecule has 1 aromatic rings. The van der Waals surface area contributed by atoms with E-state index in [0.29, 0.717) is 5.75 Å². The largest absolute Gasteiger partial charge is 0.493 e. The Hall–Kier alpha value is -1.09. The molecule has 1 atom stereocenters. The number of fused-ring (bicyclic) bond motifs is 1. The van der Waals surface area contributed by atoms with Crippen molar-refractivity contribution in [2.45, 2.75) is 25.1 Å². The summed E-state index contributed by atoms with van der Waals surface area (Å²) in [6, 6.07) is 3.97. The molecule has 1 aromatic carbocycles. The van der Waals surface area contributed by atoms with Crippen LogP contribution in [0.25, 0.3) is 0 Å². The van der Waals surface area contributed by atoms with Gasteiger partial charge in [0.05, 0.1) is 7.11 Å². The number of halogens is 1. The molecule has 0 amide bonds. The monoisotopic (exact) mass is 242 g/mol. The van der Waals surface area contributed by atoms with Crippen LogP contribution in [0, 0.1) is 0 Å². The minimum Gasteiger partial charge on any atom is -0.493 e. The predicted molar refractivity (Wildman–Crippen MR) is 62.8 cm³/mol. The van der Waals surface area contributed by atoms with Gasteiger partial charge < -0.3 is 14.2 Å². The SMILES string of the molecule is COc1cc(CCC(C)Cl)cc2c1OCO2. The summed E-state index contributed by atoms with van der Waals surface area (Å²) >= 11 is 5.93. The highest BCUT2D eigenvalue weighted by molar-refractivity contribution is 6.20. The number of hydrogen-bond donors (Lipinski definition) is 0. The van der Waals surface area contributed by atoms with Gasteiger partial charge in [-0.2, -0.15) is 0 Å². The van der Waals surface area contributed by atoms with Crippen LogP contribution < -0.4 is 14.2 Å². The fourth-order valence-corrected chi connectivity index (χ4v) is 1.80. The third kappa shape index (κ3) is 2.35. The number of methoxy groups -OCH3 is 1. The number of hydrogen-bond acceptors (Lipinski definition) is 3. The average molecular weight is 243 g/mol. The first-order chi connectivity index (χ1) is 7.70. The van der Waals surface area contributed by atoms with Crippen molar-refractivity contribution >= 4 is 11.6 Å². The average Bonchev–Trinajstić information content (AvgIpc) is 2.73. The molecule has 16 heavy (non-hydrogen) atoms. The van der Waals surface area contributed by atoms with E-state index in [1.165, 1.54) is 0 Å². The van der Waals surface area contributed by atoms with E-state index in [1.807, 2.05) is 19.1 Å². The van der Waals surface area contributed by atoms with E-state index in [-0.39, 0.29) is 12.2 Å². The summed E-state index contributed by atoms with van der Waals surface area (Å²) in [5.74, 6) is 2.19. The van der Waals surface area contributed by atoms with Crippen LogP contribution in [0.3, 0.4) is 0 Å². The molecule has 0 fully saturated rings. The lowest BCUT2D eigenvalue weighted by molar-refractivity contribution is 0.171. The Labute approximate surface area is 100 Å². The van der Waals surface area contributed by atoms with Crippen molar-refractivity contribution in [1.82, 2.24) is 0 Å². The van der Waals surface area contributed by atoms with Gasteiger partial charge in [-0.15, -0.1) is 11.6 Å². The van der Waals surface area contributed by atoms with Gasteiger partial charge >= 0.3 is 0 Å². The second kappa shape index (κ2) is 4.83. The maximum absolute atomic E-state index is 5.93. The van der Waals surface area contributed by atoms with Crippen molar-refractivity contribution in [2.75, 3.05) is 13.9 Å².